The summed E-state index contributed by atoms with van der Waals surface area (Å²) in [5.74, 6) is 1.06. The molecule has 1 saturated heterocycles. The molecule has 7 nitrogen and oxygen atoms in total. The van der Waals surface area contributed by atoms with Crippen LogP contribution in [0.1, 0.15) is 38.5 Å². The molecule has 1 heterocycles. The standard InChI is InChI=1S/C16H29N5O2/c1-17-14(22)10-19-16(18-2)20-13-8-9-21(11-13)15(23)12-6-4-3-5-7-12/h12-13H,3-11H2,1-2H3,(H,17,22)(H2,18,19,20). The van der Waals surface area contributed by atoms with Gasteiger partial charge in [-0.1, -0.05) is 19.3 Å². The summed E-state index contributed by atoms with van der Waals surface area (Å²) in [5, 5.41) is 8.83. The van der Waals surface area contributed by atoms with Gasteiger partial charge in [0.1, 0.15) is 0 Å². The Morgan fingerprint density at radius 3 is 2.57 bits per heavy atom. The topological polar surface area (TPSA) is 85.8 Å². The van der Waals surface area contributed by atoms with Crippen LogP contribution in [0.4, 0.5) is 0 Å². The number of rotatable bonds is 4. The molecule has 23 heavy (non-hydrogen) atoms. The molecule has 2 amide bonds. The Balaban J connectivity index is 1.77. The molecule has 1 saturated carbocycles. The van der Waals surface area contributed by atoms with Crippen molar-refractivity contribution in [3.05, 3.63) is 0 Å². The van der Waals surface area contributed by atoms with Gasteiger partial charge in [-0.3, -0.25) is 14.6 Å². The lowest BCUT2D eigenvalue weighted by Crippen LogP contribution is -2.47. The van der Waals surface area contributed by atoms with Crippen LogP contribution in [0.3, 0.4) is 0 Å². The lowest BCUT2D eigenvalue weighted by atomic mass is 9.88. The molecular weight excluding hydrogens is 294 g/mol. The number of amides is 2. The second-order valence-electron chi connectivity index (χ2n) is 6.35. The first-order valence-electron chi connectivity index (χ1n) is 8.60. The quantitative estimate of drug-likeness (QED) is 0.505. The molecule has 3 N–H and O–H groups in total. The molecule has 1 aliphatic heterocycles. The van der Waals surface area contributed by atoms with Crippen molar-refractivity contribution in [3.8, 4) is 0 Å². The van der Waals surface area contributed by atoms with Crippen molar-refractivity contribution in [2.24, 2.45) is 10.9 Å². The zero-order valence-electron chi connectivity index (χ0n) is 14.2. The van der Waals surface area contributed by atoms with Crippen LogP contribution in [-0.4, -0.2) is 62.4 Å². The fourth-order valence-electron chi connectivity index (χ4n) is 3.33. The average Bonchev–Trinajstić information content (AvgIpc) is 3.06. The van der Waals surface area contributed by atoms with E-state index in [-0.39, 0.29) is 24.4 Å². The number of aliphatic imine (C=N–C) groups is 1. The number of carbonyl (C=O) groups excluding carboxylic acids is 2. The Kier molecular flexibility index (Phi) is 6.67. The Bertz CT molecular complexity index is 446. The molecule has 0 aromatic rings. The number of likely N-dealkylation sites (tertiary alicyclic amines) is 1. The fraction of sp³-hybridized carbons (Fsp3) is 0.812. The van der Waals surface area contributed by atoms with Gasteiger partial charge in [-0.05, 0) is 19.3 Å². The van der Waals surface area contributed by atoms with Crippen LogP contribution in [0.15, 0.2) is 4.99 Å². The first kappa shape index (κ1) is 17.6. The van der Waals surface area contributed by atoms with Crippen molar-refractivity contribution < 1.29 is 9.59 Å². The van der Waals surface area contributed by atoms with Gasteiger partial charge in [0, 0.05) is 39.1 Å². The Hall–Kier alpha value is -1.79. The molecule has 2 fully saturated rings. The van der Waals surface area contributed by atoms with Crippen molar-refractivity contribution in [2.75, 3.05) is 33.7 Å². The highest BCUT2D eigenvalue weighted by molar-refractivity contribution is 5.86. The van der Waals surface area contributed by atoms with Crippen molar-refractivity contribution in [1.82, 2.24) is 20.9 Å². The van der Waals surface area contributed by atoms with E-state index in [1.165, 1.54) is 19.3 Å². The summed E-state index contributed by atoms with van der Waals surface area (Å²) in [5.41, 5.74) is 0. The van der Waals surface area contributed by atoms with Gasteiger partial charge in [-0.2, -0.15) is 0 Å². The maximum absolute atomic E-state index is 12.6. The number of guanidine groups is 1. The van der Waals surface area contributed by atoms with E-state index in [0.29, 0.717) is 11.9 Å². The third-order valence-electron chi connectivity index (χ3n) is 4.71. The van der Waals surface area contributed by atoms with E-state index in [1.807, 2.05) is 4.90 Å². The highest BCUT2D eigenvalue weighted by Crippen LogP contribution is 2.26. The summed E-state index contributed by atoms with van der Waals surface area (Å²) in [4.78, 5) is 29.9. The van der Waals surface area contributed by atoms with E-state index in [1.54, 1.807) is 14.1 Å². The predicted molar refractivity (Wildman–Crippen MR) is 90.1 cm³/mol. The van der Waals surface area contributed by atoms with Crippen molar-refractivity contribution in [2.45, 2.75) is 44.6 Å². The second-order valence-corrected chi connectivity index (χ2v) is 6.35. The van der Waals surface area contributed by atoms with Gasteiger partial charge in [0.05, 0.1) is 6.54 Å². The number of likely N-dealkylation sites (N-methyl/N-ethyl adjacent to an activating group) is 1. The van der Waals surface area contributed by atoms with Crippen LogP contribution in [0.25, 0.3) is 0 Å². The van der Waals surface area contributed by atoms with Gasteiger partial charge >= 0.3 is 0 Å². The van der Waals surface area contributed by atoms with Crippen LogP contribution >= 0.6 is 0 Å². The Morgan fingerprint density at radius 1 is 1.17 bits per heavy atom. The van der Waals surface area contributed by atoms with E-state index in [0.717, 1.165) is 32.4 Å². The summed E-state index contributed by atoms with van der Waals surface area (Å²) in [6.45, 7) is 1.71. The van der Waals surface area contributed by atoms with Crippen molar-refractivity contribution >= 4 is 17.8 Å². The smallest absolute Gasteiger partial charge is 0.239 e. The zero-order chi connectivity index (χ0) is 16.7. The van der Waals surface area contributed by atoms with Gasteiger partial charge < -0.3 is 20.9 Å². The third-order valence-corrected chi connectivity index (χ3v) is 4.71. The Labute approximate surface area is 138 Å². The molecule has 0 spiro atoms. The molecule has 0 aromatic heterocycles. The van der Waals surface area contributed by atoms with Gasteiger partial charge in [0.25, 0.3) is 0 Å². The summed E-state index contributed by atoms with van der Waals surface area (Å²) in [7, 11) is 3.28. The fourth-order valence-corrected chi connectivity index (χ4v) is 3.33. The zero-order valence-corrected chi connectivity index (χ0v) is 14.2. The molecule has 0 aromatic carbocycles. The molecule has 0 radical (unpaired) electrons. The Morgan fingerprint density at radius 2 is 1.91 bits per heavy atom. The maximum atomic E-state index is 12.6. The van der Waals surface area contributed by atoms with E-state index in [9.17, 15) is 9.59 Å². The first-order chi connectivity index (χ1) is 11.1. The second kappa shape index (κ2) is 8.74. The molecule has 7 heteroatoms. The highest BCUT2D eigenvalue weighted by atomic mass is 16.2. The minimum atomic E-state index is -0.0894. The van der Waals surface area contributed by atoms with Crippen LogP contribution < -0.4 is 16.0 Å². The van der Waals surface area contributed by atoms with Crippen LogP contribution in [-0.2, 0) is 9.59 Å². The highest BCUT2D eigenvalue weighted by Gasteiger charge is 2.31. The number of hydrogen-bond acceptors (Lipinski definition) is 3. The maximum Gasteiger partial charge on any atom is 0.239 e. The van der Waals surface area contributed by atoms with Gasteiger partial charge in [0.15, 0.2) is 5.96 Å². The summed E-state index contributed by atoms with van der Waals surface area (Å²) < 4.78 is 0. The number of nitrogens with one attached hydrogen (secondary N) is 3. The van der Waals surface area contributed by atoms with Crippen LogP contribution in [0, 0.1) is 5.92 Å². The minimum Gasteiger partial charge on any atom is -0.358 e. The molecule has 130 valence electrons. The van der Waals surface area contributed by atoms with E-state index < -0.39 is 0 Å². The number of nitrogens with zero attached hydrogens (tertiary/aromatic N) is 2. The van der Waals surface area contributed by atoms with Gasteiger partial charge in [0.2, 0.25) is 11.8 Å². The lowest BCUT2D eigenvalue weighted by molar-refractivity contribution is -0.135. The van der Waals surface area contributed by atoms with Gasteiger partial charge in [-0.15, -0.1) is 0 Å². The molecule has 2 aliphatic rings. The van der Waals surface area contributed by atoms with E-state index in [4.69, 9.17) is 0 Å². The molecule has 1 atom stereocenters. The van der Waals surface area contributed by atoms with Crippen molar-refractivity contribution in [3.63, 3.8) is 0 Å². The molecule has 1 unspecified atom stereocenters. The largest absolute Gasteiger partial charge is 0.358 e. The normalized spacial score (nSPS) is 22.8. The summed E-state index contributed by atoms with van der Waals surface area (Å²) >= 11 is 0. The lowest BCUT2D eigenvalue weighted by Gasteiger charge is -2.26. The van der Waals surface area contributed by atoms with E-state index >= 15 is 0 Å². The summed E-state index contributed by atoms with van der Waals surface area (Å²) in [6, 6.07) is 0.193. The van der Waals surface area contributed by atoms with Crippen LogP contribution in [0.5, 0.6) is 0 Å². The third kappa shape index (κ3) is 5.11. The summed E-state index contributed by atoms with van der Waals surface area (Å²) in [6.07, 6.45) is 6.63. The SMILES string of the molecule is CN=C(NCC(=O)NC)NC1CCN(C(=O)C2CCCCC2)C1. The predicted octanol–water partition coefficient (Wildman–Crippen LogP) is 0.0786. The van der Waals surface area contributed by atoms with Gasteiger partial charge in [-0.25, -0.2) is 0 Å². The minimum absolute atomic E-state index is 0.0894. The molecular formula is C16H29N5O2. The molecule has 2 rings (SSSR count). The number of hydrogen-bond donors (Lipinski definition) is 3. The molecule has 1 aliphatic carbocycles. The number of carbonyl (C=O) groups is 2. The average molecular weight is 323 g/mol. The molecule has 0 bridgehead atoms. The first-order valence-corrected chi connectivity index (χ1v) is 8.60. The van der Waals surface area contributed by atoms with Crippen LogP contribution in [0.2, 0.25) is 0 Å². The van der Waals surface area contributed by atoms with Crippen molar-refractivity contribution in [1.29, 1.82) is 0 Å². The monoisotopic (exact) mass is 323 g/mol. The van der Waals surface area contributed by atoms with E-state index in [2.05, 4.69) is 20.9 Å².